The monoisotopic (exact) mass is 269 g/mol. The number of carboxylic acids is 1. The molecule has 2 rings (SSSR count). The minimum absolute atomic E-state index is 0.0607. The maximum atomic E-state index is 12.3. The summed E-state index contributed by atoms with van der Waals surface area (Å²) in [5.41, 5.74) is -1.05. The van der Waals surface area contributed by atoms with Crippen LogP contribution in [0, 0.1) is 5.92 Å². The number of hydrogen-bond donors (Lipinski definition) is 2. The topological polar surface area (TPSA) is 75.6 Å². The molecule has 108 valence electrons. The number of nitrogens with one attached hydrogen (secondary N) is 1. The van der Waals surface area contributed by atoms with Crippen molar-refractivity contribution >= 4 is 11.9 Å². The number of carbonyl (C=O) groups is 2. The number of hydrogen-bond acceptors (Lipinski definition) is 3. The van der Waals surface area contributed by atoms with Gasteiger partial charge in [-0.25, -0.2) is 4.79 Å². The number of aliphatic carboxylic acids is 1. The first-order valence-corrected chi connectivity index (χ1v) is 7.26. The normalized spacial score (nSPS) is 29.9. The maximum absolute atomic E-state index is 12.3. The Morgan fingerprint density at radius 2 is 2.00 bits per heavy atom. The number of ether oxygens (including phenoxy) is 1. The van der Waals surface area contributed by atoms with Crippen molar-refractivity contribution in [3.8, 4) is 0 Å². The van der Waals surface area contributed by atoms with Crippen molar-refractivity contribution in [2.45, 2.75) is 63.5 Å². The van der Waals surface area contributed by atoms with Crippen molar-refractivity contribution in [2.24, 2.45) is 5.92 Å². The van der Waals surface area contributed by atoms with E-state index in [2.05, 4.69) is 5.32 Å². The first-order chi connectivity index (χ1) is 9.09. The van der Waals surface area contributed by atoms with Crippen molar-refractivity contribution in [3.63, 3.8) is 0 Å². The molecule has 2 atom stereocenters. The van der Waals surface area contributed by atoms with E-state index in [4.69, 9.17) is 4.74 Å². The van der Waals surface area contributed by atoms with E-state index in [1.165, 1.54) is 0 Å². The summed E-state index contributed by atoms with van der Waals surface area (Å²) in [6.45, 7) is 2.58. The predicted octanol–water partition coefficient (Wildman–Crippen LogP) is 1.71. The van der Waals surface area contributed by atoms with Crippen LogP contribution in [0.15, 0.2) is 0 Å². The van der Waals surface area contributed by atoms with Crippen LogP contribution in [0.1, 0.15) is 51.9 Å². The molecular weight excluding hydrogens is 246 g/mol. The molecule has 1 saturated carbocycles. The summed E-state index contributed by atoms with van der Waals surface area (Å²) in [5, 5.41) is 12.3. The fraction of sp³-hybridized carbons (Fsp3) is 0.857. The molecule has 1 saturated heterocycles. The van der Waals surface area contributed by atoms with Gasteiger partial charge in [-0.1, -0.05) is 26.2 Å². The van der Waals surface area contributed by atoms with Crippen LogP contribution in [0.4, 0.5) is 0 Å². The molecule has 0 bridgehead atoms. The molecule has 2 aliphatic rings. The summed E-state index contributed by atoms with van der Waals surface area (Å²) in [6.07, 6.45) is 5.29. The van der Waals surface area contributed by atoms with Crippen molar-refractivity contribution < 1.29 is 19.4 Å². The van der Waals surface area contributed by atoms with Crippen LogP contribution in [0.2, 0.25) is 0 Å². The quantitative estimate of drug-likeness (QED) is 0.814. The molecular formula is C14H23NO4. The highest BCUT2D eigenvalue weighted by atomic mass is 16.5. The summed E-state index contributed by atoms with van der Waals surface area (Å²) in [7, 11) is 0. The van der Waals surface area contributed by atoms with E-state index in [0.29, 0.717) is 25.9 Å². The Morgan fingerprint density at radius 3 is 2.58 bits per heavy atom. The van der Waals surface area contributed by atoms with Crippen LogP contribution in [0.25, 0.3) is 0 Å². The van der Waals surface area contributed by atoms with E-state index in [0.717, 1.165) is 25.7 Å². The second-order valence-corrected chi connectivity index (χ2v) is 5.65. The maximum Gasteiger partial charge on any atom is 0.329 e. The van der Waals surface area contributed by atoms with E-state index in [9.17, 15) is 14.7 Å². The standard InChI is InChI=1S/C14H23NO4/c1-2-11-10(6-9-19-11)12(16)15-14(13(17)18)7-4-3-5-8-14/h10-11H,2-9H2,1H3,(H,15,16)(H,17,18). The fourth-order valence-electron chi connectivity index (χ4n) is 3.23. The van der Waals surface area contributed by atoms with Crippen LogP contribution in [0.5, 0.6) is 0 Å². The van der Waals surface area contributed by atoms with Crippen molar-refractivity contribution in [3.05, 3.63) is 0 Å². The minimum Gasteiger partial charge on any atom is -0.480 e. The van der Waals surface area contributed by atoms with Gasteiger partial charge in [-0.15, -0.1) is 0 Å². The van der Waals surface area contributed by atoms with E-state index >= 15 is 0 Å². The van der Waals surface area contributed by atoms with Crippen LogP contribution >= 0.6 is 0 Å². The number of carbonyl (C=O) groups excluding carboxylic acids is 1. The molecule has 2 N–H and O–H groups in total. The third-order valence-electron chi connectivity index (χ3n) is 4.43. The Balaban J connectivity index is 2.04. The van der Waals surface area contributed by atoms with Gasteiger partial charge < -0.3 is 15.2 Å². The number of amides is 1. The fourth-order valence-corrected chi connectivity index (χ4v) is 3.23. The second kappa shape index (κ2) is 5.90. The van der Waals surface area contributed by atoms with Gasteiger partial charge in [0.15, 0.2) is 0 Å². The molecule has 0 aromatic carbocycles. The van der Waals surface area contributed by atoms with E-state index in [-0.39, 0.29) is 17.9 Å². The summed E-state index contributed by atoms with van der Waals surface area (Å²) in [6, 6.07) is 0. The van der Waals surface area contributed by atoms with E-state index in [1.54, 1.807) is 0 Å². The summed E-state index contributed by atoms with van der Waals surface area (Å²) in [5.74, 6) is -1.23. The Kier molecular flexibility index (Phi) is 4.45. The van der Waals surface area contributed by atoms with Gasteiger partial charge in [0.25, 0.3) is 0 Å². The van der Waals surface area contributed by atoms with Crippen molar-refractivity contribution in [1.82, 2.24) is 5.32 Å². The molecule has 0 aromatic rings. The van der Waals surface area contributed by atoms with Crippen LogP contribution in [0.3, 0.4) is 0 Å². The van der Waals surface area contributed by atoms with Gasteiger partial charge in [0.2, 0.25) is 5.91 Å². The highest BCUT2D eigenvalue weighted by Crippen LogP contribution is 2.30. The summed E-state index contributed by atoms with van der Waals surface area (Å²) < 4.78 is 5.51. The molecule has 0 aromatic heterocycles. The van der Waals surface area contributed by atoms with Crippen molar-refractivity contribution in [2.75, 3.05) is 6.61 Å². The lowest BCUT2D eigenvalue weighted by Crippen LogP contribution is -2.57. The van der Waals surface area contributed by atoms with Crippen LogP contribution in [-0.2, 0) is 14.3 Å². The molecule has 0 spiro atoms. The zero-order valence-corrected chi connectivity index (χ0v) is 11.5. The second-order valence-electron chi connectivity index (χ2n) is 5.65. The zero-order valence-electron chi connectivity index (χ0n) is 11.5. The molecule has 5 nitrogen and oxygen atoms in total. The minimum atomic E-state index is -1.05. The Morgan fingerprint density at radius 1 is 1.32 bits per heavy atom. The first kappa shape index (κ1) is 14.3. The van der Waals surface area contributed by atoms with Gasteiger partial charge in [-0.2, -0.15) is 0 Å². The molecule has 5 heteroatoms. The highest BCUT2D eigenvalue weighted by molar-refractivity contribution is 5.88. The Hall–Kier alpha value is -1.10. The average molecular weight is 269 g/mol. The van der Waals surface area contributed by atoms with Crippen LogP contribution < -0.4 is 5.32 Å². The van der Waals surface area contributed by atoms with Gasteiger partial charge in [0, 0.05) is 6.61 Å². The zero-order chi connectivity index (χ0) is 13.9. The molecule has 1 aliphatic heterocycles. The molecule has 0 radical (unpaired) electrons. The van der Waals surface area contributed by atoms with Gasteiger partial charge in [0.1, 0.15) is 5.54 Å². The summed E-state index contributed by atoms with van der Waals surface area (Å²) >= 11 is 0. The summed E-state index contributed by atoms with van der Waals surface area (Å²) in [4.78, 5) is 23.9. The molecule has 19 heavy (non-hydrogen) atoms. The van der Waals surface area contributed by atoms with E-state index < -0.39 is 11.5 Å². The average Bonchev–Trinajstić information content (AvgIpc) is 2.88. The van der Waals surface area contributed by atoms with Gasteiger partial charge in [-0.3, -0.25) is 4.79 Å². The van der Waals surface area contributed by atoms with Crippen molar-refractivity contribution in [1.29, 1.82) is 0 Å². The largest absolute Gasteiger partial charge is 0.480 e. The van der Waals surface area contributed by atoms with Gasteiger partial charge in [0.05, 0.1) is 12.0 Å². The molecule has 1 aliphatic carbocycles. The molecule has 1 heterocycles. The molecule has 2 fully saturated rings. The smallest absolute Gasteiger partial charge is 0.329 e. The highest BCUT2D eigenvalue weighted by Gasteiger charge is 2.43. The van der Waals surface area contributed by atoms with E-state index in [1.807, 2.05) is 6.92 Å². The molecule has 2 unspecified atom stereocenters. The third-order valence-corrected chi connectivity index (χ3v) is 4.43. The lowest BCUT2D eigenvalue weighted by atomic mass is 9.81. The lowest BCUT2D eigenvalue weighted by Gasteiger charge is -2.35. The third kappa shape index (κ3) is 2.91. The lowest BCUT2D eigenvalue weighted by molar-refractivity contribution is -0.150. The first-order valence-electron chi connectivity index (χ1n) is 7.26. The van der Waals surface area contributed by atoms with Gasteiger partial charge in [-0.05, 0) is 25.7 Å². The Labute approximate surface area is 113 Å². The molecule has 1 amide bonds. The number of carboxylic acid groups (broad SMARTS) is 1. The number of rotatable bonds is 4. The SMILES string of the molecule is CCC1OCCC1C(=O)NC1(C(=O)O)CCCCC1. The predicted molar refractivity (Wildman–Crippen MR) is 69.7 cm³/mol. The van der Waals surface area contributed by atoms with Crippen LogP contribution in [-0.4, -0.2) is 35.2 Å². The Bertz CT molecular complexity index is 349. The van der Waals surface area contributed by atoms with Gasteiger partial charge >= 0.3 is 5.97 Å².